The lowest BCUT2D eigenvalue weighted by atomic mass is 9.91. The molecule has 4 rings (SSSR count). The average molecular weight is 437 g/mol. The SMILES string of the molecule is O=CN(O)C[C@]1(C(=O)N2CCC[C@H]2C(=O)NC(=O)OC2CCOC2)C[C@@H]1C1CCCC1. The third kappa shape index (κ3) is 4.55. The topological polar surface area (TPSA) is 125 Å². The largest absolute Gasteiger partial charge is 0.443 e. The number of ether oxygens (including phenoxy) is 2. The van der Waals surface area contributed by atoms with Gasteiger partial charge in [-0.05, 0) is 31.1 Å². The Balaban J connectivity index is 1.42. The second kappa shape index (κ2) is 9.12. The van der Waals surface area contributed by atoms with Crippen molar-refractivity contribution in [1.29, 1.82) is 0 Å². The third-order valence-electron chi connectivity index (χ3n) is 7.30. The van der Waals surface area contributed by atoms with Crippen LogP contribution in [0.1, 0.15) is 51.4 Å². The van der Waals surface area contributed by atoms with Crippen LogP contribution in [0.15, 0.2) is 0 Å². The highest BCUT2D eigenvalue weighted by molar-refractivity contribution is 5.98. The summed E-state index contributed by atoms with van der Waals surface area (Å²) in [4.78, 5) is 51.0. The predicted molar refractivity (Wildman–Crippen MR) is 106 cm³/mol. The van der Waals surface area contributed by atoms with Gasteiger partial charge >= 0.3 is 6.09 Å². The van der Waals surface area contributed by atoms with E-state index in [0.29, 0.717) is 62.8 Å². The molecule has 0 spiro atoms. The lowest BCUT2D eigenvalue weighted by Gasteiger charge is -2.30. The fraction of sp³-hybridized carbons (Fsp3) is 0.810. The van der Waals surface area contributed by atoms with Crippen molar-refractivity contribution in [3.8, 4) is 0 Å². The summed E-state index contributed by atoms with van der Waals surface area (Å²) in [6, 6.07) is -0.759. The van der Waals surface area contributed by atoms with Gasteiger partial charge in [-0.3, -0.25) is 24.9 Å². The smallest absolute Gasteiger partial charge is 0.414 e. The number of imide groups is 1. The van der Waals surface area contributed by atoms with Crippen LogP contribution in [-0.4, -0.2) is 77.9 Å². The number of nitrogens with one attached hydrogen (secondary N) is 1. The van der Waals surface area contributed by atoms with E-state index in [1.807, 2.05) is 0 Å². The molecule has 1 unspecified atom stereocenters. The quantitative estimate of drug-likeness (QED) is 0.347. The van der Waals surface area contributed by atoms with Crippen molar-refractivity contribution < 1.29 is 33.9 Å². The third-order valence-corrected chi connectivity index (χ3v) is 7.30. The van der Waals surface area contributed by atoms with Crippen LogP contribution in [0.2, 0.25) is 0 Å². The number of hydroxylamine groups is 2. The highest BCUT2D eigenvalue weighted by atomic mass is 16.6. The number of carbonyl (C=O) groups is 4. The zero-order valence-electron chi connectivity index (χ0n) is 17.7. The Kier molecular flexibility index (Phi) is 6.47. The number of amides is 4. The van der Waals surface area contributed by atoms with E-state index in [9.17, 15) is 24.4 Å². The van der Waals surface area contributed by atoms with Gasteiger partial charge in [0.2, 0.25) is 12.3 Å². The first-order valence-corrected chi connectivity index (χ1v) is 11.3. The molecule has 0 aromatic carbocycles. The maximum Gasteiger partial charge on any atom is 0.414 e. The van der Waals surface area contributed by atoms with Crippen molar-refractivity contribution in [2.75, 3.05) is 26.3 Å². The molecule has 0 bridgehead atoms. The highest BCUT2D eigenvalue weighted by Crippen LogP contribution is 2.61. The van der Waals surface area contributed by atoms with E-state index >= 15 is 0 Å². The monoisotopic (exact) mass is 437 g/mol. The highest BCUT2D eigenvalue weighted by Gasteiger charge is 2.65. The molecule has 4 aliphatic rings. The van der Waals surface area contributed by atoms with Crippen LogP contribution in [-0.2, 0) is 23.9 Å². The predicted octanol–water partition coefficient (Wildman–Crippen LogP) is 1.06. The number of hydrogen-bond acceptors (Lipinski definition) is 7. The molecule has 2 N–H and O–H groups in total. The molecule has 10 nitrogen and oxygen atoms in total. The van der Waals surface area contributed by atoms with Gasteiger partial charge in [0, 0.05) is 13.0 Å². The minimum atomic E-state index is -0.852. The van der Waals surface area contributed by atoms with Gasteiger partial charge in [0.1, 0.15) is 12.1 Å². The van der Waals surface area contributed by atoms with E-state index in [4.69, 9.17) is 9.47 Å². The van der Waals surface area contributed by atoms with E-state index in [1.54, 1.807) is 0 Å². The maximum absolute atomic E-state index is 13.6. The number of hydrogen-bond donors (Lipinski definition) is 2. The summed E-state index contributed by atoms with van der Waals surface area (Å²) in [5.74, 6) is -0.254. The lowest BCUT2D eigenvalue weighted by Crippen LogP contribution is -2.52. The summed E-state index contributed by atoms with van der Waals surface area (Å²) in [6.07, 6.45) is 5.78. The summed E-state index contributed by atoms with van der Waals surface area (Å²) >= 11 is 0. The maximum atomic E-state index is 13.6. The first kappa shape index (κ1) is 22.0. The Morgan fingerprint density at radius 2 is 1.97 bits per heavy atom. The first-order chi connectivity index (χ1) is 14.9. The molecule has 0 radical (unpaired) electrons. The minimum absolute atomic E-state index is 0.0644. The number of carbonyl (C=O) groups excluding carboxylic acids is 4. The Labute approximate surface area is 181 Å². The van der Waals surface area contributed by atoms with Gasteiger partial charge in [-0.15, -0.1) is 0 Å². The average Bonchev–Trinajstić information content (AvgIpc) is 3.29. The second-order valence-electron chi connectivity index (χ2n) is 9.25. The molecule has 4 atom stereocenters. The molecule has 2 heterocycles. The molecule has 4 amide bonds. The molecule has 2 saturated heterocycles. The molecule has 4 fully saturated rings. The molecule has 31 heavy (non-hydrogen) atoms. The van der Waals surface area contributed by atoms with E-state index in [1.165, 1.54) is 4.90 Å². The Bertz CT molecular complexity index is 720. The van der Waals surface area contributed by atoms with Crippen molar-refractivity contribution >= 4 is 24.3 Å². The van der Waals surface area contributed by atoms with Gasteiger partial charge in [0.05, 0.1) is 25.2 Å². The number of likely N-dealkylation sites (tertiary alicyclic amines) is 1. The number of alkyl carbamates (subject to hydrolysis) is 1. The summed E-state index contributed by atoms with van der Waals surface area (Å²) in [7, 11) is 0. The van der Waals surface area contributed by atoms with E-state index < -0.39 is 23.5 Å². The van der Waals surface area contributed by atoms with Crippen LogP contribution >= 0.6 is 0 Å². The summed E-state index contributed by atoms with van der Waals surface area (Å²) in [5, 5.41) is 12.7. The number of nitrogens with zero attached hydrogens (tertiary/aromatic N) is 2. The number of rotatable bonds is 7. The zero-order valence-corrected chi connectivity index (χ0v) is 17.7. The van der Waals surface area contributed by atoms with Crippen LogP contribution in [0.3, 0.4) is 0 Å². The molecule has 2 aliphatic heterocycles. The van der Waals surface area contributed by atoms with Gasteiger partial charge in [0.25, 0.3) is 5.91 Å². The van der Waals surface area contributed by atoms with Crippen LogP contribution in [0.25, 0.3) is 0 Å². The summed E-state index contributed by atoms with van der Waals surface area (Å²) in [6.45, 7) is 1.18. The summed E-state index contributed by atoms with van der Waals surface area (Å²) < 4.78 is 10.3. The zero-order chi connectivity index (χ0) is 22.0. The van der Waals surface area contributed by atoms with Crippen molar-refractivity contribution in [2.24, 2.45) is 17.3 Å². The molecule has 0 aromatic rings. The molecule has 172 valence electrons. The van der Waals surface area contributed by atoms with Crippen molar-refractivity contribution in [1.82, 2.24) is 15.3 Å². The summed E-state index contributed by atoms with van der Waals surface area (Å²) in [5.41, 5.74) is -0.852. The van der Waals surface area contributed by atoms with Gasteiger partial charge < -0.3 is 14.4 Å². The molecule has 2 aliphatic carbocycles. The van der Waals surface area contributed by atoms with Crippen LogP contribution in [0.4, 0.5) is 4.79 Å². The molecular weight excluding hydrogens is 406 g/mol. The fourth-order valence-corrected chi connectivity index (χ4v) is 5.67. The standard InChI is InChI=1S/C21H31N3O7/c25-13-23(29)12-21(10-16(21)14-4-1-2-5-14)19(27)24-8-3-6-17(24)18(26)22-20(28)31-15-7-9-30-11-15/h13-17,29H,1-12H2,(H,22,26,28)/t15?,16-,17+,21-/m1/s1. The Morgan fingerprint density at radius 1 is 1.19 bits per heavy atom. The lowest BCUT2D eigenvalue weighted by molar-refractivity contribution is -0.160. The minimum Gasteiger partial charge on any atom is -0.443 e. The first-order valence-electron chi connectivity index (χ1n) is 11.3. The van der Waals surface area contributed by atoms with Crippen LogP contribution in [0, 0.1) is 17.3 Å². The normalized spacial score (nSPS) is 32.7. The second-order valence-corrected chi connectivity index (χ2v) is 9.25. The van der Waals surface area contributed by atoms with Crippen molar-refractivity contribution in [3.05, 3.63) is 0 Å². The van der Waals surface area contributed by atoms with Crippen molar-refractivity contribution in [2.45, 2.75) is 63.5 Å². The fourth-order valence-electron chi connectivity index (χ4n) is 5.67. The van der Waals surface area contributed by atoms with Gasteiger partial charge in [-0.1, -0.05) is 25.7 Å². The van der Waals surface area contributed by atoms with Crippen LogP contribution < -0.4 is 5.32 Å². The van der Waals surface area contributed by atoms with Gasteiger partial charge in [0.15, 0.2) is 0 Å². The molecular formula is C21H31N3O7. The van der Waals surface area contributed by atoms with Crippen LogP contribution in [0.5, 0.6) is 0 Å². The molecule has 10 heteroatoms. The molecule has 0 aromatic heterocycles. The van der Waals surface area contributed by atoms with E-state index in [0.717, 1.165) is 25.7 Å². The molecule has 2 saturated carbocycles. The van der Waals surface area contributed by atoms with E-state index in [2.05, 4.69) is 5.32 Å². The Morgan fingerprint density at radius 3 is 2.65 bits per heavy atom. The Hall–Kier alpha value is -2.20. The van der Waals surface area contributed by atoms with Gasteiger partial charge in [-0.25, -0.2) is 9.86 Å². The van der Waals surface area contributed by atoms with Gasteiger partial charge in [-0.2, -0.15) is 0 Å². The van der Waals surface area contributed by atoms with Crippen molar-refractivity contribution in [3.63, 3.8) is 0 Å². The van der Waals surface area contributed by atoms with E-state index in [-0.39, 0.29) is 24.5 Å².